The van der Waals surface area contributed by atoms with E-state index in [1.165, 1.54) is 12.8 Å². The van der Waals surface area contributed by atoms with E-state index in [2.05, 4.69) is 54.1 Å². The van der Waals surface area contributed by atoms with Crippen molar-refractivity contribution in [1.29, 1.82) is 0 Å². The number of aromatic nitrogens is 5. The largest absolute Gasteiger partial charge is 0.370 e. The molecule has 1 unspecified atom stereocenters. The topological polar surface area (TPSA) is 83.6 Å². The smallest absolute Gasteiger partial charge is 0.163 e. The standard InChI is InChI=1S/C24H32N8/c1-16(2)19-14-27-32-23(28-17(3)20-15-31-11-5-4-6-22(31)29-20)12-21(30-24(19)32)26-13-18-7-9-25-10-8-18/h4-6,11-12,14-18,25,28H,7-10,13H2,1-3H3,(H,26,30). The molecule has 1 aliphatic heterocycles. The van der Waals surface area contributed by atoms with E-state index >= 15 is 0 Å². The zero-order valence-corrected chi connectivity index (χ0v) is 19.0. The van der Waals surface area contributed by atoms with Gasteiger partial charge < -0.3 is 20.4 Å². The first kappa shape index (κ1) is 20.8. The van der Waals surface area contributed by atoms with Crippen LogP contribution in [0.2, 0.25) is 0 Å². The number of rotatable bonds is 7. The van der Waals surface area contributed by atoms with E-state index in [0.717, 1.165) is 53.8 Å². The van der Waals surface area contributed by atoms with Gasteiger partial charge in [-0.15, -0.1) is 0 Å². The Morgan fingerprint density at radius 3 is 2.78 bits per heavy atom. The summed E-state index contributed by atoms with van der Waals surface area (Å²) in [5.74, 6) is 2.84. The van der Waals surface area contributed by atoms with Gasteiger partial charge >= 0.3 is 0 Å². The maximum Gasteiger partial charge on any atom is 0.163 e. The van der Waals surface area contributed by atoms with Crippen molar-refractivity contribution in [3.8, 4) is 0 Å². The minimum Gasteiger partial charge on any atom is -0.370 e. The number of hydrogen-bond acceptors (Lipinski definition) is 6. The molecule has 5 heterocycles. The molecule has 0 spiro atoms. The van der Waals surface area contributed by atoms with Crippen molar-refractivity contribution in [2.75, 3.05) is 30.3 Å². The van der Waals surface area contributed by atoms with Crippen molar-refractivity contribution in [2.24, 2.45) is 5.92 Å². The number of piperidine rings is 1. The van der Waals surface area contributed by atoms with Crippen molar-refractivity contribution in [3.05, 3.63) is 54.1 Å². The fourth-order valence-corrected chi connectivity index (χ4v) is 4.37. The molecule has 32 heavy (non-hydrogen) atoms. The van der Waals surface area contributed by atoms with Crippen LogP contribution in [0.25, 0.3) is 11.3 Å². The Bertz CT molecular complexity index is 1170. The van der Waals surface area contributed by atoms with E-state index in [1.807, 2.05) is 39.5 Å². The van der Waals surface area contributed by atoms with Crippen LogP contribution in [0.4, 0.5) is 11.6 Å². The molecule has 3 N–H and O–H groups in total. The summed E-state index contributed by atoms with van der Waals surface area (Å²) in [6.07, 6.45) is 8.44. The summed E-state index contributed by atoms with van der Waals surface area (Å²) in [6, 6.07) is 8.13. The normalized spacial score (nSPS) is 16.1. The highest BCUT2D eigenvalue weighted by molar-refractivity contribution is 5.61. The zero-order valence-electron chi connectivity index (χ0n) is 19.0. The van der Waals surface area contributed by atoms with Gasteiger partial charge in [0.05, 0.1) is 17.9 Å². The fraction of sp³-hybridized carbons (Fsp3) is 0.458. The summed E-state index contributed by atoms with van der Waals surface area (Å²) in [5, 5.41) is 15.3. The Morgan fingerprint density at radius 2 is 2.00 bits per heavy atom. The molecule has 0 radical (unpaired) electrons. The summed E-state index contributed by atoms with van der Waals surface area (Å²) in [7, 11) is 0. The molecule has 0 amide bonds. The van der Waals surface area contributed by atoms with E-state index in [1.54, 1.807) is 0 Å². The molecule has 1 fully saturated rings. The molecule has 0 aromatic carbocycles. The molecular formula is C24H32N8. The number of imidazole rings is 1. The van der Waals surface area contributed by atoms with E-state index in [9.17, 15) is 0 Å². The predicted molar refractivity (Wildman–Crippen MR) is 128 cm³/mol. The number of hydrogen-bond donors (Lipinski definition) is 3. The minimum absolute atomic E-state index is 0.0180. The maximum absolute atomic E-state index is 4.93. The molecule has 8 nitrogen and oxygen atoms in total. The SMILES string of the molecule is CC(C)c1cnn2c(NC(C)c3cn4ccccc4n3)cc(NCC3CCNCC3)nc12. The molecule has 168 valence electrons. The van der Waals surface area contributed by atoms with Gasteiger partial charge in [-0.25, -0.2) is 9.97 Å². The first-order valence-corrected chi connectivity index (χ1v) is 11.6. The Kier molecular flexibility index (Phi) is 5.70. The van der Waals surface area contributed by atoms with E-state index in [4.69, 9.17) is 9.97 Å². The Hall–Kier alpha value is -3.13. The van der Waals surface area contributed by atoms with Gasteiger partial charge in [-0.1, -0.05) is 19.9 Å². The molecule has 1 aliphatic rings. The second-order valence-corrected chi connectivity index (χ2v) is 9.09. The van der Waals surface area contributed by atoms with E-state index in [0.29, 0.717) is 11.8 Å². The Labute approximate surface area is 188 Å². The second-order valence-electron chi connectivity index (χ2n) is 9.09. The zero-order chi connectivity index (χ0) is 22.1. The maximum atomic E-state index is 4.93. The van der Waals surface area contributed by atoms with Crippen molar-refractivity contribution >= 4 is 22.9 Å². The first-order chi connectivity index (χ1) is 15.6. The molecule has 4 aromatic heterocycles. The lowest BCUT2D eigenvalue weighted by atomic mass is 9.98. The molecule has 5 rings (SSSR count). The van der Waals surface area contributed by atoms with Gasteiger partial charge in [-0.05, 0) is 56.8 Å². The molecule has 0 aliphatic carbocycles. The lowest BCUT2D eigenvalue weighted by molar-refractivity contribution is 0.389. The lowest BCUT2D eigenvalue weighted by Gasteiger charge is -2.23. The Morgan fingerprint density at radius 1 is 1.16 bits per heavy atom. The van der Waals surface area contributed by atoms with Crippen LogP contribution in [0.15, 0.2) is 42.9 Å². The summed E-state index contributed by atoms with van der Waals surface area (Å²) in [5.41, 5.74) is 3.99. The molecule has 8 heteroatoms. The highest BCUT2D eigenvalue weighted by Crippen LogP contribution is 2.27. The van der Waals surface area contributed by atoms with Crippen LogP contribution in [-0.2, 0) is 0 Å². The van der Waals surface area contributed by atoms with Gasteiger partial charge in [0, 0.05) is 30.6 Å². The fourth-order valence-electron chi connectivity index (χ4n) is 4.37. The number of anilines is 2. The van der Waals surface area contributed by atoms with E-state index in [-0.39, 0.29) is 6.04 Å². The number of pyridine rings is 1. The van der Waals surface area contributed by atoms with Crippen LogP contribution >= 0.6 is 0 Å². The first-order valence-electron chi connectivity index (χ1n) is 11.6. The average Bonchev–Trinajstić information content (AvgIpc) is 3.43. The predicted octanol–water partition coefficient (Wildman–Crippen LogP) is 4.09. The van der Waals surface area contributed by atoms with Crippen LogP contribution < -0.4 is 16.0 Å². The van der Waals surface area contributed by atoms with Gasteiger partial charge in [0.1, 0.15) is 17.3 Å². The van der Waals surface area contributed by atoms with Crippen LogP contribution in [0.1, 0.15) is 56.8 Å². The summed E-state index contributed by atoms with van der Waals surface area (Å²) in [4.78, 5) is 9.71. The third kappa shape index (κ3) is 4.14. The van der Waals surface area contributed by atoms with E-state index < -0.39 is 0 Å². The number of nitrogens with one attached hydrogen (secondary N) is 3. The minimum atomic E-state index is 0.0180. The average molecular weight is 433 g/mol. The second kappa shape index (κ2) is 8.78. The van der Waals surface area contributed by atoms with Gasteiger partial charge in [-0.3, -0.25) is 0 Å². The summed E-state index contributed by atoms with van der Waals surface area (Å²) < 4.78 is 3.96. The molecule has 1 atom stereocenters. The van der Waals surface area contributed by atoms with Gasteiger partial charge in [0.15, 0.2) is 5.65 Å². The van der Waals surface area contributed by atoms with Crippen molar-refractivity contribution in [3.63, 3.8) is 0 Å². The quantitative estimate of drug-likeness (QED) is 0.408. The molecular weight excluding hydrogens is 400 g/mol. The van der Waals surface area contributed by atoms with Gasteiger partial charge in [-0.2, -0.15) is 9.61 Å². The Balaban J connectivity index is 1.44. The third-order valence-corrected chi connectivity index (χ3v) is 6.34. The molecule has 0 bridgehead atoms. The van der Waals surface area contributed by atoms with Crippen LogP contribution in [-0.4, -0.2) is 43.6 Å². The van der Waals surface area contributed by atoms with Gasteiger partial charge in [0.25, 0.3) is 0 Å². The lowest BCUT2D eigenvalue weighted by Crippen LogP contribution is -2.31. The summed E-state index contributed by atoms with van der Waals surface area (Å²) >= 11 is 0. The van der Waals surface area contributed by atoms with Crippen LogP contribution in [0.3, 0.4) is 0 Å². The van der Waals surface area contributed by atoms with Crippen LogP contribution in [0, 0.1) is 5.92 Å². The van der Waals surface area contributed by atoms with Crippen molar-refractivity contribution < 1.29 is 0 Å². The molecule has 0 saturated carbocycles. The summed E-state index contributed by atoms with van der Waals surface area (Å²) in [6.45, 7) is 9.63. The monoisotopic (exact) mass is 432 g/mol. The third-order valence-electron chi connectivity index (χ3n) is 6.34. The van der Waals surface area contributed by atoms with Crippen molar-refractivity contribution in [1.82, 2.24) is 29.3 Å². The number of fused-ring (bicyclic) bond motifs is 2. The molecule has 1 saturated heterocycles. The number of nitrogens with zero attached hydrogens (tertiary/aromatic N) is 5. The van der Waals surface area contributed by atoms with Crippen molar-refractivity contribution in [2.45, 2.75) is 45.6 Å². The molecule has 4 aromatic rings. The van der Waals surface area contributed by atoms with Crippen LogP contribution in [0.5, 0.6) is 0 Å². The highest BCUT2D eigenvalue weighted by Gasteiger charge is 2.18. The van der Waals surface area contributed by atoms with Gasteiger partial charge in [0.2, 0.25) is 0 Å². The highest BCUT2D eigenvalue weighted by atomic mass is 15.3.